The third-order valence-electron chi connectivity index (χ3n) is 3.39. The van der Waals surface area contributed by atoms with E-state index in [4.69, 9.17) is 0 Å². The normalized spacial score (nSPS) is 15.9. The third-order valence-corrected chi connectivity index (χ3v) is 4.75. The molecule has 0 saturated carbocycles. The third kappa shape index (κ3) is 3.72. The molecular formula is C14H16BrIN2O2. The number of benzene rings is 1. The molecule has 1 fully saturated rings. The van der Waals surface area contributed by atoms with Crippen LogP contribution in [0.25, 0.3) is 0 Å². The van der Waals surface area contributed by atoms with Gasteiger partial charge in [0.05, 0.1) is 5.56 Å². The van der Waals surface area contributed by atoms with E-state index in [1.54, 1.807) is 11.8 Å². The van der Waals surface area contributed by atoms with Crippen molar-refractivity contribution in [3.05, 3.63) is 31.8 Å². The Bertz CT molecular complexity index is 536. The number of nitrogens with zero attached hydrogens (tertiary/aromatic N) is 2. The second-order valence-electron chi connectivity index (χ2n) is 4.78. The molecule has 1 aliphatic rings. The van der Waals surface area contributed by atoms with Crippen molar-refractivity contribution in [2.45, 2.75) is 13.3 Å². The van der Waals surface area contributed by atoms with Gasteiger partial charge in [0.25, 0.3) is 5.91 Å². The van der Waals surface area contributed by atoms with Gasteiger partial charge in [-0.3, -0.25) is 9.59 Å². The van der Waals surface area contributed by atoms with Crippen molar-refractivity contribution in [3.8, 4) is 0 Å². The molecule has 1 aliphatic heterocycles. The van der Waals surface area contributed by atoms with Gasteiger partial charge in [-0.05, 0) is 63.1 Å². The van der Waals surface area contributed by atoms with Crippen LogP contribution in [0.5, 0.6) is 0 Å². The standard InChI is InChI=1S/C14H16BrIN2O2/c1-10(19)17-5-2-6-18(8-7-17)14(20)12-9-11(16)3-4-13(12)15/h3-4,9H,2,5-8H2,1H3. The van der Waals surface area contributed by atoms with Crippen molar-refractivity contribution in [1.29, 1.82) is 0 Å². The summed E-state index contributed by atoms with van der Waals surface area (Å²) in [5.41, 5.74) is 0.688. The predicted molar refractivity (Wildman–Crippen MR) is 89.6 cm³/mol. The van der Waals surface area contributed by atoms with Crippen molar-refractivity contribution >= 4 is 50.3 Å². The van der Waals surface area contributed by atoms with Crippen molar-refractivity contribution in [2.75, 3.05) is 26.2 Å². The Hall–Kier alpha value is -0.630. The summed E-state index contributed by atoms with van der Waals surface area (Å²) in [5.74, 6) is 0.107. The summed E-state index contributed by atoms with van der Waals surface area (Å²) in [6.07, 6.45) is 0.826. The molecule has 0 unspecified atom stereocenters. The van der Waals surface area contributed by atoms with Gasteiger partial charge in [-0.25, -0.2) is 0 Å². The average molecular weight is 451 g/mol. The predicted octanol–water partition coefficient (Wildman–Crippen LogP) is 2.75. The zero-order valence-corrected chi connectivity index (χ0v) is 15.0. The molecule has 108 valence electrons. The van der Waals surface area contributed by atoms with Gasteiger partial charge in [-0.2, -0.15) is 0 Å². The lowest BCUT2D eigenvalue weighted by Gasteiger charge is -2.22. The fourth-order valence-corrected chi connectivity index (χ4v) is 3.17. The number of carbonyl (C=O) groups is 2. The molecule has 1 aromatic carbocycles. The van der Waals surface area contributed by atoms with Crippen LogP contribution in [0, 0.1) is 3.57 Å². The molecule has 0 N–H and O–H groups in total. The highest BCUT2D eigenvalue weighted by molar-refractivity contribution is 14.1. The summed E-state index contributed by atoms with van der Waals surface area (Å²) in [5, 5.41) is 0. The molecule has 1 heterocycles. The Labute approximate surface area is 140 Å². The van der Waals surface area contributed by atoms with Crippen LogP contribution in [0.4, 0.5) is 0 Å². The van der Waals surface area contributed by atoms with Crippen molar-refractivity contribution in [2.24, 2.45) is 0 Å². The van der Waals surface area contributed by atoms with Gasteiger partial charge in [0, 0.05) is 41.1 Å². The first-order chi connectivity index (χ1) is 9.49. The van der Waals surface area contributed by atoms with Crippen LogP contribution in [0.15, 0.2) is 22.7 Å². The van der Waals surface area contributed by atoms with E-state index in [1.165, 1.54) is 0 Å². The van der Waals surface area contributed by atoms with Gasteiger partial charge in [0.2, 0.25) is 5.91 Å². The smallest absolute Gasteiger partial charge is 0.255 e. The summed E-state index contributed by atoms with van der Waals surface area (Å²) in [6, 6.07) is 5.75. The van der Waals surface area contributed by atoms with Crippen LogP contribution in [-0.4, -0.2) is 47.8 Å². The SMILES string of the molecule is CC(=O)N1CCCN(C(=O)c2cc(I)ccc2Br)CC1. The van der Waals surface area contributed by atoms with Crippen LogP contribution < -0.4 is 0 Å². The van der Waals surface area contributed by atoms with Crippen LogP contribution in [-0.2, 0) is 4.79 Å². The number of carbonyl (C=O) groups excluding carboxylic acids is 2. The number of rotatable bonds is 1. The maximum atomic E-state index is 12.6. The number of hydrogen-bond donors (Lipinski definition) is 0. The molecule has 0 spiro atoms. The molecule has 2 rings (SSSR count). The summed E-state index contributed by atoms with van der Waals surface area (Å²) in [6.45, 7) is 4.21. The largest absolute Gasteiger partial charge is 0.341 e. The molecule has 0 aromatic heterocycles. The lowest BCUT2D eigenvalue weighted by molar-refractivity contribution is -0.128. The van der Waals surface area contributed by atoms with Gasteiger partial charge >= 0.3 is 0 Å². The van der Waals surface area contributed by atoms with E-state index in [1.807, 2.05) is 23.1 Å². The molecule has 4 nitrogen and oxygen atoms in total. The van der Waals surface area contributed by atoms with Crippen molar-refractivity contribution in [1.82, 2.24) is 9.80 Å². The van der Waals surface area contributed by atoms with E-state index in [0.29, 0.717) is 25.2 Å². The Morgan fingerprint density at radius 3 is 2.50 bits per heavy atom. The lowest BCUT2D eigenvalue weighted by atomic mass is 10.2. The number of amides is 2. The first-order valence-electron chi connectivity index (χ1n) is 6.49. The molecular weight excluding hydrogens is 435 g/mol. The van der Waals surface area contributed by atoms with Crippen LogP contribution >= 0.6 is 38.5 Å². The van der Waals surface area contributed by atoms with Crippen LogP contribution in [0.2, 0.25) is 0 Å². The second kappa shape index (κ2) is 6.89. The van der Waals surface area contributed by atoms with Crippen molar-refractivity contribution in [3.63, 3.8) is 0 Å². The van der Waals surface area contributed by atoms with Gasteiger partial charge in [-0.15, -0.1) is 0 Å². The second-order valence-corrected chi connectivity index (χ2v) is 6.88. The van der Waals surface area contributed by atoms with E-state index >= 15 is 0 Å². The fourth-order valence-electron chi connectivity index (χ4n) is 2.27. The first kappa shape index (κ1) is 15.8. The highest BCUT2D eigenvalue weighted by atomic mass is 127. The quantitative estimate of drug-likeness (QED) is 0.617. The van der Waals surface area contributed by atoms with Crippen LogP contribution in [0.1, 0.15) is 23.7 Å². The molecule has 0 bridgehead atoms. The molecule has 1 saturated heterocycles. The minimum atomic E-state index is 0.0285. The first-order valence-corrected chi connectivity index (χ1v) is 8.36. The average Bonchev–Trinajstić information content (AvgIpc) is 2.66. The summed E-state index contributed by atoms with van der Waals surface area (Å²) >= 11 is 5.64. The molecule has 20 heavy (non-hydrogen) atoms. The minimum Gasteiger partial charge on any atom is -0.341 e. The Kier molecular flexibility index (Phi) is 5.42. The van der Waals surface area contributed by atoms with E-state index < -0.39 is 0 Å². The Morgan fingerprint density at radius 1 is 1.15 bits per heavy atom. The molecule has 0 radical (unpaired) electrons. The summed E-state index contributed by atoms with van der Waals surface area (Å²) in [4.78, 5) is 27.6. The number of hydrogen-bond acceptors (Lipinski definition) is 2. The van der Waals surface area contributed by atoms with Crippen LogP contribution in [0.3, 0.4) is 0 Å². The maximum Gasteiger partial charge on any atom is 0.255 e. The maximum absolute atomic E-state index is 12.6. The van der Waals surface area contributed by atoms with Gasteiger partial charge in [0.1, 0.15) is 0 Å². The van der Waals surface area contributed by atoms with Gasteiger partial charge in [-0.1, -0.05) is 0 Å². The lowest BCUT2D eigenvalue weighted by Crippen LogP contribution is -2.36. The highest BCUT2D eigenvalue weighted by Crippen LogP contribution is 2.21. The molecule has 0 atom stereocenters. The zero-order valence-electron chi connectivity index (χ0n) is 11.2. The van der Waals surface area contributed by atoms with Gasteiger partial charge in [0.15, 0.2) is 0 Å². The summed E-state index contributed by atoms with van der Waals surface area (Å²) < 4.78 is 1.85. The summed E-state index contributed by atoms with van der Waals surface area (Å²) in [7, 11) is 0. The van der Waals surface area contributed by atoms with Gasteiger partial charge < -0.3 is 9.80 Å². The molecule has 2 amide bonds. The molecule has 1 aromatic rings. The molecule has 6 heteroatoms. The Morgan fingerprint density at radius 2 is 1.80 bits per heavy atom. The fraction of sp³-hybridized carbons (Fsp3) is 0.429. The monoisotopic (exact) mass is 450 g/mol. The van der Waals surface area contributed by atoms with E-state index in [9.17, 15) is 9.59 Å². The molecule has 0 aliphatic carbocycles. The topological polar surface area (TPSA) is 40.6 Å². The zero-order chi connectivity index (χ0) is 14.7. The van der Waals surface area contributed by atoms with E-state index in [-0.39, 0.29) is 11.8 Å². The Balaban J connectivity index is 2.13. The minimum absolute atomic E-state index is 0.0285. The number of halogens is 2. The highest BCUT2D eigenvalue weighted by Gasteiger charge is 2.22. The van der Waals surface area contributed by atoms with E-state index in [2.05, 4.69) is 38.5 Å². The van der Waals surface area contributed by atoms with E-state index in [0.717, 1.165) is 21.0 Å². The van der Waals surface area contributed by atoms with Crippen molar-refractivity contribution < 1.29 is 9.59 Å².